The molecule has 0 saturated carbocycles. The highest BCUT2D eigenvalue weighted by molar-refractivity contribution is 8.00. The topological polar surface area (TPSA) is 60.5 Å². The second-order valence-electron chi connectivity index (χ2n) is 5.13. The van der Waals surface area contributed by atoms with E-state index >= 15 is 0 Å². The maximum Gasteiger partial charge on any atom is 0.236 e. The second kappa shape index (κ2) is 6.70. The molecule has 0 fully saturated rings. The molecular weight excluding hydrogens is 344 g/mol. The van der Waals surface area contributed by atoms with Gasteiger partial charge in [-0.1, -0.05) is 23.5 Å². The maximum absolute atomic E-state index is 12.1. The summed E-state index contributed by atoms with van der Waals surface area (Å²) >= 11 is 2.93. The number of thioether (sulfide) groups is 1. The molecule has 3 aromatic rings. The van der Waals surface area contributed by atoms with Gasteiger partial charge in [0.25, 0.3) is 0 Å². The molecular formula is C17H14N2O3S2. The Morgan fingerprint density at radius 1 is 1.17 bits per heavy atom. The number of carbonyl (C=O) groups excluding carboxylic acids is 1. The molecule has 0 aliphatic carbocycles. The Labute approximate surface area is 147 Å². The Bertz CT molecular complexity index is 861. The van der Waals surface area contributed by atoms with E-state index in [1.807, 2.05) is 42.5 Å². The number of nitrogens with one attached hydrogen (secondary N) is 1. The number of ether oxygens (including phenoxy) is 2. The van der Waals surface area contributed by atoms with Crippen LogP contribution in [0.1, 0.15) is 0 Å². The van der Waals surface area contributed by atoms with Crippen molar-refractivity contribution in [2.75, 3.05) is 24.3 Å². The average Bonchev–Trinajstić information content (AvgIpc) is 3.02. The minimum Gasteiger partial charge on any atom is -0.486 e. The van der Waals surface area contributed by atoms with Crippen molar-refractivity contribution in [3.63, 3.8) is 0 Å². The molecule has 0 radical (unpaired) electrons. The van der Waals surface area contributed by atoms with Gasteiger partial charge in [0, 0.05) is 4.90 Å². The highest BCUT2D eigenvalue weighted by Gasteiger charge is 2.13. The van der Waals surface area contributed by atoms with E-state index in [4.69, 9.17) is 9.47 Å². The monoisotopic (exact) mass is 358 g/mol. The van der Waals surface area contributed by atoms with Crippen LogP contribution in [0.3, 0.4) is 0 Å². The zero-order valence-electron chi connectivity index (χ0n) is 12.7. The predicted octanol–water partition coefficient (Wildman–Crippen LogP) is 3.80. The summed E-state index contributed by atoms with van der Waals surface area (Å²) in [4.78, 5) is 17.5. The minimum atomic E-state index is -0.0751. The summed E-state index contributed by atoms with van der Waals surface area (Å²) in [5.74, 6) is 1.73. The van der Waals surface area contributed by atoms with E-state index in [0.717, 1.165) is 26.6 Å². The van der Waals surface area contributed by atoms with Crippen molar-refractivity contribution in [2.45, 2.75) is 4.90 Å². The quantitative estimate of drug-likeness (QED) is 0.719. The maximum atomic E-state index is 12.1. The molecule has 24 heavy (non-hydrogen) atoms. The zero-order chi connectivity index (χ0) is 16.4. The summed E-state index contributed by atoms with van der Waals surface area (Å²) in [6.07, 6.45) is 0. The molecule has 1 N–H and O–H groups in total. The number of nitrogens with zero attached hydrogens (tertiary/aromatic N) is 1. The molecule has 1 aliphatic rings. The van der Waals surface area contributed by atoms with Gasteiger partial charge < -0.3 is 14.8 Å². The van der Waals surface area contributed by atoms with Gasteiger partial charge in [-0.25, -0.2) is 4.98 Å². The molecule has 4 rings (SSSR count). The molecule has 2 aromatic carbocycles. The first kappa shape index (κ1) is 15.3. The van der Waals surface area contributed by atoms with Crippen LogP contribution in [0.25, 0.3) is 10.2 Å². The van der Waals surface area contributed by atoms with E-state index < -0.39 is 0 Å². The van der Waals surface area contributed by atoms with Gasteiger partial charge in [-0.2, -0.15) is 0 Å². The van der Waals surface area contributed by atoms with E-state index in [9.17, 15) is 4.79 Å². The van der Waals surface area contributed by atoms with Crippen LogP contribution < -0.4 is 14.8 Å². The number of thiazole rings is 1. The molecule has 1 amide bonds. The first-order valence-corrected chi connectivity index (χ1v) is 9.26. The fourth-order valence-corrected chi connectivity index (χ4v) is 3.95. The number of para-hydroxylation sites is 1. The number of rotatable bonds is 4. The van der Waals surface area contributed by atoms with Crippen LogP contribution in [0.2, 0.25) is 0 Å². The first-order valence-electron chi connectivity index (χ1n) is 7.46. The van der Waals surface area contributed by atoms with E-state index in [0.29, 0.717) is 24.1 Å². The summed E-state index contributed by atoms with van der Waals surface area (Å²) in [7, 11) is 0. The Morgan fingerprint density at radius 2 is 2.00 bits per heavy atom. The van der Waals surface area contributed by atoms with E-state index in [2.05, 4.69) is 10.3 Å². The van der Waals surface area contributed by atoms with Crippen molar-refractivity contribution in [1.82, 2.24) is 4.98 Å². The van der Waals surface area contributed by atoms with Crippen LogP contribution in [-0.4, -0.2) is 29.9 Å². The predicted molar refractivity (Wildman–Crippen MR) is 96.4 cm³/mol. The number of hydrogen-bond acceptors (Lipinski definition) is 6. The third-order valence-electron chi connectivity index (χ3n) is 3.42. The number of hydrogen-bond donors (Lipinski definition) is 1. The SMILES string of the molecule is O=C(CSc1ccc2c(c1)OCCO2)Nc1nc2ccccc2s1. The number of amides is 1. The van der Waals surface area contributed by atoms with Crippen LogP contribution in [0.5, 0.6) is 11.5 Å². The number of aromatic nitrogens is 1. The van der Waals surface area contributed by atoms with E-state index in [1.165, 1.54) is 23.1 Å². The average molecular weight is 358 g/mol. The molecule has 0 bridgehead atoms. The molecule has 122 valence electrons. The van der Waals surface area contributed by atoms with Crippen LogP contribution in [0, 0.1) is 0 Å². The lowest BCUT2D eigenvalue weighted by atomic mass is 10.3. The van der Waals surface area contributed by atoms with Gasteiger partial charge in [0.2, 0.25) is 5.91 Å². The van der Waals surface area contributed by atoms with Gasteiger partial charge in [0.05, 0.1) is 16.0 Å². The van der Waals surface area contributed by atoms with E-state index in [1.54, 1.807) is 0 Å². The van der Waals surface area contributed by atoms with Gasteiger partial charge in [0.15, 0.2) is 16.6 Å². The van der Waals surface area contributed by atoms with E-state index in [-0.39, 0.29) is 5.91 Å². The van der Waals surface area contributed by atoms with Crippen molar-refractivity contribution in [3.05, 3.63) is 42.5 Å². The zero-order valence-corrected chi connectivity index (χ0v) is 14.3. The third-order valence-corrected chi connectivity index (χ3v) is 5.37. The number of anilines is 1. The largest absolute Gasteiger partial charge is 0.486 e. The van der Waals surface area contributed by atoms with Crippen molar-refractivity contribution >= 4 is 44.4 Å². The Balaban J connectivity index is 1.37. The lowest BCUT2D eigenvalue weighted by molar-refractivity contribution is -0.113. The smallest absolute Gasteiger partial charge is 0.236 e. The van der Waals surface area contributed by atoms with Gasteiger partial charge >= 0.3 is 0 Å². The van der Waals surface area contributed by atoms with Crippen molar-refractivity contribution in [1.29, 1.82) is 0 Å². The highest BCUT2D eigenvalue weighted by atomic mass is 32.2. The molecule has 0 atom stereocenters. The van der Waals surface area contributed by atoms with Gasteiger partial charge in [0.1, 0.15) is 13.2 Å². The summed E-state index contributed by atoms with van der Waals surface area (Å²) in [6.45, 7) is 1.13. The first-order chi connectivity index (χ1) is 11.8. The molecule has 0 saturated heterocycles. The lowest BCUT2D eigenvalue weighted by Crippen LogP contribution is -2.15. The van der Waals surface area contributed by atoms with Gasteiger partial charge in [-0.15, -0.1) is 11.8 Å². The van der Waals surface area contributed by atoms with Crippen molar-refractivity contribution in [3.8, 4) is 11.5 Å². The number of carbonyl (C=O) groups is 1. The minimum absolute atomic E-state index is 0.0751. The van der Waals surface area contributed by atoms with Gasteiger partial charge in [-0.05, 0) is 30.3 Å². The molecule has 0 spiro atoms. The summed E-state index contributed by atoms with van der Waals surface area (Å²) in [5.41, 5.74) is 0.900. The molecule has 1 aromatic heterocycles. The summed E-state index contributed by atoms with van der Waals surface area (Å²) in [6, 6.07) is 13.5. The normalized spacial score (nSPS) is 13.0. The van der Waals surface area contributed by atoms with Crippen molar-refractivity contribution in [2.24, 2.45) is 0 Å². The van der Waals surface area contributed by atoms with Crippen LogP contribution >= 0.6 is 23.1 Å². The molecule has 5 nitrogen and oxygen atoms in total. The molecule has 2 heterocycles. The second-order valence-corrected chi connectivity index (χ2v) is 7.21. The fraction of sp³-hybridized carbons (Fsp3) is 0.176. The molecule has 0 unspecified atom stereocenters. The summed E-state index contributed by atoms with van der Waals surface area (Å²) < 4.78 is 12.1. The molecule has 1 aliphatic heterocycles. The Hall–Kier alpha value is -2.25. The Morgan fingerprint density at radius 3 is 2.88 bits per heavy atom. The number of benzene rings is 2. The third kappa shape index (κ3) is 3.32. The van der Waals surface area contributed by atoms with Crippen LogP contribution in [0.4, 0.5) is 5.13 Å². The lowest BCUT2D eigenvalue weighted by Gasteiger charge is -2.18. The van der Waals surface area contributed by atoms with Gasteiger partial charge in [-0.3, -0.25) is 4.79 Å². The molecule has 7 heteroatoms. The summed E-state index contributed by atoms with van der Waals surface area (Å²) in [5, 5.41) is 3.48. The fourth-order valence-electron chi connectivity index (χ4n) is 2.34. The Kier molecular flexibility index (Phi) is 4.27. The number of fused-ring (bicyclic) bond motifs is 2. The van der Waals surface area contributed by atoms with Crippen LogP contribution in [0.15, 0.2) is 47.4 Å². The van der Waals surface area contributed by atoms with Crippen LogP contribution in [-0.2, 0) is 4.79 Å². The van der Waals surface area contributed by atoms with Crippen molar-refractivity contribution < 1.29 is 14.3 Å². The standard InChI is InChI=1S/C17H14N2O3S2/c20-16(19-17-18-12-3-1-2-4-15(12)24-17)10-23-11-5-6-13-14(9-11)22-8-7-21-13/h1-6,9H,7-8,10H2,(H,18,19,20). The highest BCUT2D eigenvalue weighted by Crippen LogP contribution is 2.34.